The van der Waals surface area contributed by atoms with Crippen molar-refractivity contribution in [3.8, 4) is 0 Å². The molecular weight excluding hydrogens is 350 g/mol. The number of pyridine rings is 1. The number of hydrogen-bond acceptors (Lipinski definition) is 6. The van der Waals surface area contributed by atoms with Gasteiger partial charge >= 0.3 is 0 Å². The maximum atomic E-state index is 12.5. The molecule has 0 spiro atoms. The van der Waals surface area contributed by atoms with Crippen molar-refractivity contribution in [2.45, 2.75) is 12.5 Å². The molecular formula is C16H18ClN3O3S. The van der Waals surface area contributed by atoms with Gasteiger partial charge in [-0.2, -0.15) is 0 Å². The number of nitrogens with zero attached hydrogens (tertiary/aromatic N) is 2. The summed E-state index contributed by atoms with van der Waals surface area (Å²) in [6, 6.07) is 3.68. The number of morpholine rings is 1. The van der Waals surface area contributed by atoms with Crippen LogP contribution in [0.5, 0.6) is 0 Å². The number of ether oxygens (including phenoxy) is 2. The van der Waals surface area contributed by atoms with Gasteiger partial charge in [0, 0.05) is 19.2 Å². The van der Waals surface area contributed by atoms with Crippen molar-refractivity contribution in [1.29, 1.82) is 0 Å². The van der Waals surface area contributed by atoms with Crippen LogP contribution < -0.4 is 10.2 Å². The summed E-state index contributed by atoms with van der Waals surface area (Å²) in [5.41, 5.74) is 1.51. The van der Waals surface area contributed by atoms with Crippen molar-refractivity contribution >= 4 is 44.7 Å². The molecule has 0 aromatic carbocycles. The molecule has 8 heteroatoms. The summed E-state index contributed by atoms with van der Waals surface area (Å²) in [6.45, 7) is 6.08. The van der Waals surface area contributed by atoms with E-state index in [1.165, 1.54) is 11.3 Å². The second-order valence-corrected chi connectivity index (χ2v) is 7.84. The van der Waals surface area contributed by atoms with Crippen molar-refractivity contribution < 1.29 is 14.3 Å². The molecule has 0 radical (unpaired) electrons. The zero-order valence-electron chi connectivity index (χ0n) is 13.3. The van der Waals surface area contributed by atoms with Gasteiger partial charge in [-0.1, -0.05) is 11.6 Å². The number of anilines is 1. The zero-order valence-corrected chi connectivity index (χ0v) is 14.9. The van der Waals surface area contributed by atoms with Gasteiger partial charge in [0.1, 0.15) is 5.15 Å². The van der Waals surface area contributed by atoms with Crippen LogP contribution in [-0.4, -0.2) is 55.9 Å². The third-order valence-corrected chi connectivity index (χ3v) is 5.60. The van der Waals surface area contributed by atoms with E-state index in [2.05, 4.69) is 15.2 Å². The van der Waals surface area contributed by atoms with Crippen LogP contribution in [0.1, 0.15) is 16.6 Å². The normalized spacial score (nSPS) is 20.0. The minimum absolute atomic E-state index is 0.0900. The second-order valence-electron chi connectivity index (χ2n) is 6.40. The van der Waals surface area contributed by atoms with E-state index < -0.39 is 0 Å². The van der Waals surface area contributed by atoms with E-state index in [0.717, 1.165) is 29.0 Å². The molecule has 1 amide bonds. The molecule has 0 saturated carbocycles. The fourth-order valence-corrected chi connectivity index (χ4v) is 4.17. The Bertz CT molecular complexity index is 784. The van der Waals surface area contributed by atoms with Crippen molar-refractivity contribution in [3.05, 3.63) is 22.2 Å². The highest BCUT2D eigenvalue weighted by Crippen LogP contribution is 2.35. The van der Waals surface area contributed by atoms with Crippen molar-refractivity contribution in [2.75, 3.05) is 44.4 Å². The lowest BCUT2D eigenvalue weighted by atomic mass is 10.0. The van der Waals surface area contributed by atoms with Crippen LogP contribution in [0.15, 0.2) is 12.1 Å². The minimum Gasteiger partial charge on any atom is -0.378 e. The summed E-state index contributed by atoms with van der Waals surface area (Å²) in [7, 11) is 0. The molecule has 24 heavy (non-hydrogen) atoms. The van der Waals surface area contributed by atoms with E-state index >= 15 is 0 Å². The molecule has 128 valence electrons. The number of carbonyl (C=O) groups is 1. The first-order valence-electron chi connectivity index (χ1n) is 7.87. The molecule has 1 N–H and O–H groups in total. The SMILES string of the molecule is CC1(NC(=O)c2cc3nc(Cl)cc(N4CCOCC4)c3s2)COC1. The highest BCUT2D eigenvalue weighted by atomic mass is 35.5. The van der Waals surface area contributed by atoms with Crippen LogP contribution in [0.4, 0.5) is 5.69 Å². The summed E-state index contributed by atoms with van der Waals surface area (Å²) >= 11 is 7.64. The van der Waals surface area contributed by atoms with E-state index in [1.54, 1.807) is 0 Å². The summed E-state index contributed by atoms with van der Waals surface area (Å²) in [5.74, 6) is -0.0900. The predicted molar refractivity (Wildman–Crippen MR) is 94.4 cm³/mol. The predicted octanol–water partition coefficient (Wildman–Crippen LogP) is 2.31. The Hall–Kier alpha value is -1.41. The lowest BCUT2D eigenvalue weighted by Gasteiger charge is -2.38. The van der Waals surface area contributed by atoms with Crippen molar-refractivity contribution in [3.63, 3.8) is 0 Å². The molecule has 2 aliphatic rings. The van der Waals surface area contributed by atoms with Gasteiger partial charge in [-0.3, -0.25) is 4.79 Å². The lowest BCUT2D eigenvalue weighted by Crippen LogP contribution is -2.59. The molecule has 4 heterocycles. The van der Waals surface area contributed by atoms with Crippen molar-refractivity contribution in [1.82, 2.24) is 10.3 Å². The van der Waals surface area contributed by atoms with Crippen LogP contribution in [0, 0.1) is 0 Å². The topological polar surface area (TPSA) is 63.7 Å². The number of thiophene rings is 1. The maximum Gasteiger partial charge on any atom is 0.262 e. The number of amides is 1. The summed E-state index contributed by atoms with van der Waals surface area (Å²) in [4.78, 5) is 19.8. The Morgan fingerprint density at radius 2 is 2.08 bits per heavy atom. The first kappa shape index (κ1) is 16.1. The molecule has 4 rings (SSSR count). The number of carbonyl (C=O) groups excluding carboxylic acids is 1. The number of aromatic nitrogens is 1. The molecule has 2 aromatic rings. The molecule has 0 atom stereocenters. The fourth-order valence-electron chi connectivity index (χ4n) is 2.94. The monoisotopic (exact) mass is 367 g/mol. The number of fused-ring (bicyclic) bond motifs is 1. The van der Waals surface area contributed by atoms with Gasteiger partial charge < -0.3 is 19.7 Å². The first-order valence-corrected chi connectivity index (χ1v) is 9.07. The number of rotatable bonds is 3. The largest absolute Gasteiger partial charge is 0.378 e. The van der Waals surface area contributed by atoms with Crippen LogP contribution in [0.2, 0.25) is 5.15 Å². The van der Waals surface area contributed by atoms with Gasteiger partial charge in [0.25, 0.3) is 5.91 Å². The van der Waals surface area contributed by atoms with Crippen LogP contribution >= 0.6 is 22.9 Å². The van der Waals surface area contributed by atoms with Crippen LogP contribution in [0.25, 0.3) is 10.2 Å². The van der Waals surface area contributed by atoms with E-state index in [9.17, 15) is 4.79 Å². The third-order valence-electron chi connectivity index (χ3n) is 4.26. The average molecular weight is 368 g/mol. The smallest absolute Gasteiger partial charge is 0.262 e. The van der Waals surface area contributed by atoms with Gasteiger partial charge in [-0.05, 0) is 13.0 Å². The molecule has 2 aliphatic heterocycles. The number of nitrogens with one attached hydrogen (secondary N) is 1. The highest BCUT2D eigenvalue weighted by molar-refractivity contribution is 7.21. The molecule has 2 aromatic heterocycles. The average Bonchev–Trinajstić information content (AvgIpc) is 2.97. The van der Waals surface area contributed by atoms with E-state index in [0.29, 0.717) is 36.5 Å². The fraction of sp³-hybridized carbons (Fsp3) is 0.500. The molecule has 0 bridgehead atoms. The van der Waals surface area contributed by atoms with Crippen LogP contribution in [0.3, 0.4) is 0 Å². The molecule has 0 aliphatic carbocycles. The Labute approximate surface area is 148 Å². The lowest BCUT2D eigenvalue weighted by molar-refractivity contribution is -0.0593. The Balaban J connectivity index is 1.67. The van der Waals surface area contributed by atoms with Gasteiger partial charge in [-0.15, -0.1) is 11.3 Å². The van der Waals surface area contributed by atoms with E-state index in [4.69, 9.17) is 21.1 Å². The van der Waals surface area contributed by atoms with Crippen LogP contribution in [-0.2, 0) is 9.47 Å². The Morgan fingerprint density at radius 1 is 1.33 bits per heavy atom. The maximum absolute atomic E-state index is 12.5. The molecule has 6 nitrogen and oxygen atoms in total. The Kier molecular flexibility index (Phi) is 4.12. The molecule has 2 saturated heterocycles. The van der Waals surface area contributed by atoms with Gasteiger partial charge in [-0.25, -0.2) is 4.98 Å². The highest BCUT2D eigenvalue weighted by Gasteiger charge is 2.35. The summed E-state index contributed by atoms with van der Waals surface area (Å²) in [5, 5.41) is 3.47. The van der Waals surface area contributed by atoms with Gasteiger partial charge in [0.15, 0.2) is 0 Å². The van der Waals surface area contributed by atoms with Gasteiger partial charge in [0.2, 0.25) is 0 Å². The first-order chi connectivity index (χ1) is 11.5. The third kappa shape index (κ3) is 2.97. The number of hydrogen-bond donors (Lipinski definition) is 1. The minimum atomic E-state index is -0.272. The molecule has 0 unspecified atom stereocenters. The van der Waals surface area contributed by atoms with E-state index in [-0.39, 0.29) is 11.4 Å². The molecule has 2 fully saturated rings. The standard InChI is InChI=1S/C16H18ClN3O3S/c1-16(8-23-9-16)19-15(21)12-6-10-14(24-12)11(7-13(17)18-10)20-2-4-22-5-3-20/h6-7H,2-5,8-9H2,1H3,(H,19,21). The quantitative estimate of drug-likeness (QED) is 0.843. The second kappa shape index (κ2) is 6.15. The van der Waals surface area contributed by atoms with E-state index in [1.807, 2.05) is 19.1 Å². The zero-order chi connectivity index (χ0) is 16.7. The van der Waals surface area contributed by atoms with Gasteiger partial charge in [0.05, 0.1) is 52.7 Å². The summed E-state index contributed by atoms with van der Waals surface area (Å²) in [6.07, 6.45) is 0. The number of halogens is 1. The summed E-state index contributed by atoms with van der Waals surface area (Å²) < 4.78 is 11.6. The Morgan fingerprint density at radius 3 is 2.75 bits per heavy atom. The van der Waals surface area contributed by atoms with Crippen molar-refractivity contribution in [2.24, 2.45) is 0 Å².